The number of anilines is 1. The molecule has 0 aromatic heterocycles. The molecule has 2 aromatic carbocycles. The number of amides is 2. The largest absolute Gasteiger partial charge is 0.497 e. The summed E-state index contributed by atoms with van der Waals surface area (Å²) < 4.78 is 36.5. The Morgan fingerprint density at radius 3 is 2.19 bits per heavy atom. The van der Waals surface area contributed by atoms with Crippen molar-refractivity contribution in [3.05, 3.63) is 53.1 Å². The summed E-state index contributed by atoms with van der Waals surface area (Å²) in [6.45, 7) is 5.67. The van der Waals surface area contributed by atoms with Gasteiger partial charge in [-0.25, -0.2) is 8.42 Å². The number of carbonyl (C=O) groups is 2. The standard InChI is InChI=1S/C26H36ClN3O6S/c1-18(2)28-26(32)19(3)29(17-20-9-12-22(35-4)13-10-20)25(31)8-7-15-30(37(6,33)34)21-11-14-24(36-5)23(27)16-21/h9-14,16,18-19H,7-8,15,17H2,1-6H3,(H,28,32)/t19-/m1/s1. The van der Waals surface area contributed by atoms with Gasteiger partial charge < -0.3 is 19.7 Å². The highest BCUT2D eigenvalue weighted by Crippen LogP contribution is 2.30. The van der Waals surface area contributed by atoms with Crippen LogP contribution in [0.5, 0.6) is 11.5 Å². The number of ether oxygens (including phenoxy) is 2. The summed E-state index contributed by atoms with van der Waals surface area (Å²) in [5, 5.41) is 3.13. The average molecular weight is 554 g/mol. The lowest BCUT2D eigenvalue weighted by molar-refractivity contribution is -0.140. The molecule has 37 heavy (non-hydrogen) atoms. The number of sulfonamides is 1. The molecule has 2 aromatic rings. The normalized spacial score (nSPS) is 12.1. The predicted molar refractivity (Wildman–Crippen MR) is 146 cm³/mol. The second-order valence-corrected chi connectivity index (χ2v) is 11.3. The van der Waals surface area contributed by atoms with Crippen molar-refractivity contribution in [2.45, 2.75) is 52.2 Å². The molecule has 11 heteroatoms. The van der Waals surface area contributed by atoms with Gasteiger partial charge in [0.15, 0.2) is 0 Å². The van der Waals surface area contributed by atoms with Crippen molar-refractivity contribution < 1.29 is 27.5 Å². The van der Waals surface area contributed by atoms with Crippen LogP contribution in [0.15, 0.2) is 42.5 Å². The minimum Gasteiger partial charge on any atom is -0.497 e. The summed E-state index contributed by atoms with van der Waals surface area (Å²) in [4.78, 5) is 27.6. The molecule has 1 N–H and O–H groups in total. The summed E-state index contributed by atoms with van der Waals surface area (Å²) in [5.41, 5.74) is 1.21. The fourth-order valence-electron chi connectivity index (χ4n) is 3.73. The molecule has 204 valence electrons. The van der Waals surface area contributed by atoms with Crippen LogP contribution in [0.25, 0.3) is 0 Å². The summed E-state index contributed by atoms with van der Waals surface area (Å²) in [5.74, 6) is 0.592. The van der Waals surface area contributed by atoms with Crippen molar-refractivity contribution >= 4 is 39.1 Å². The molecule has 1 atom stereocenters. The van der Waals surface area contributed by atoms with Crippen molar-refractivity contribution in [2.75, 3.05) is 31.3 Å². The quantitative estimate of drug-likeness (QED) is 0.404. The Morgan fingerprint density at radius 1 is 1.03 bits per heavy atom. The molecule has 2 amide bonds. The molecule has 0 aliphatic carbocycles. The number of rotatable bonds is 13. The molecular formula is C26H36ClN3O6S. The van der Waals surface area contributed by atoms with Crippen LogP contribution in [-0.2, 0) is 26.2 Å². The molecular weight excluding hydrogens is 518 g/mol. The molecule has 9 nitrogen and oxygen atoms in total. The molecule has 0 unspecified atom stereocenters. The zero-order chi connectivity index (χ0) is 27.8. The van der Waals surface area contributed by atoms with Gasteiger partial charge in [0.2, 0.25) is 21.8 Å². The van der Waals surface area contributed by atoms with Crippen LogP contribution in [0, 0.1) is 0 Å². The van der Waals surface area contributed by atoms with E-state index in [1.54, 1.807) is 38.3 Å². The first-order valence-corrected chi connectivity index (χ1v) is 14.1. The number of carbonyl (C=O) groups excluding carboxylic acids is 2. The van der Waals surface area contributed by atoms with Crippen molar-refractivity contribution in [1.29, 1.82) is 0 Å². The maximum absolute atomic E-state index is 13.3. The van der Waals surface area contributed by atoms with E-state index in [2.05, 4.69) is 5.32 Å². The second kappa shape index (κ2) is 13.5. The van der Waals surface area contributed by atoms with E-state index < -0.39 is 16.1 Å². The summed E-state index contributed by atoms with van der Waals surface area (Å²) >= 11 is 6.19. The van der Waals surface area contributed by atoms with Crippen LogP contribution < -0.4 is 19.1 Å². The lowest BCUT2D eigenvalue weighted by Gasteiger charge is -2.30. The Bertz CT molecular complexity index is 1170. The van der Waals surface area contributed by atoms with Crippen LogP contribution in [0.2, 0.25) is 5.02 Å². The third-order valence-electron chi connectivity index (χ3n) is 5.69. The van der Waals surface area contributed by atoms with E-state index in [9.17, 15) is 18.0 Å². The molecule has 0 radical (unpaired) electrons. The molecule has 0 aliphatic heterocycles. The molecule has 0 saturated heterocycles. The third kappa shape index (κ3) is 8.82. The van der Waals surface area contributed by atoms with Crippen molar-refractivity contribution in [3.63, 3.8) is 0 Å². The number of halogens is 1. The number of methoxy groups -OCH3 is 2. The first-order valence-electron chi connectivity index (χ1n) is 11.9. The van der Waals surface area contributed by atoms with E-state index in [-0.39, 0.29) is 48.8 Å². The van der Waals surface area contributed by atoms with Gasteiger partial charge in [0.1, 0.15) is 17.5 Å². The zero-order valence-electron chi connectivity index (χ0n) is 22.2. The predicted octanol–water partition coefficient (Wildman–Crippen LogP) is 3.85. The topological polar surface area (TPSA) is 105 Å². The first kappa shape index (κ1) is 30.2. The van der Waals surface area contributed by atoms with E-state index in [0.717, 1.165) is 11.8 Å². The Morgan fingerprint density at radius 2 is 1.68 bits per heavy atom. The number of hydrogen-bond acceptors (Lipinski definition) is 6. The Labute approximate surface area is 224 Å². The smallest absolute Gasteiger partial charge is 0.242 e. The monoisotopic (exact) mass is 553 g/mol. The van der Waals surface area contributed by atoms with Crippen molar-refractivity contribution in [1.82, 2.24) is 10.2 Å². The van der Waals surface area contributed by atoms with Gasteiger partial charge in [0, 0.05) is 25.6 Å². The zero-order valence-corrected chi connectivity index (χ0v) is 23.7. The number of benzene rings is 2. The van der Waals surface area contributed by atoms with E-state index in [4.69, 9.17) is 21.1 Å². The van der Waals surface area contributed by atoms with Crippen molar-refractivity contribution in [2.24, 2.45) is 0 Å². The molecule has 0 bridgehead atoms. The lowest BCUT2D eigenvalue weighted by Crippen LogP contribution is -2.49. The van der Waals surface area contributed by atoms with E-state index in [1.807, 2.05) is 26.0 Å². The van der Waals surface area contributed by atoms with Gasteiger partial charge in [-0.3, -0.25) is 13.9 Å². The van der Waals surface area contributed by atoms with Gasteiger partial charge in [-0.15, -0.1) is 0 Å². The highest BCUT2D eigenvalue weighted by molar-refractivity contribution is 7.92. The lowest BCUT2D eigenvalue weighted by atomic mass is 10.1. The van der Waals surface area contributed by atoms with E-state index in [1.165, 1.54) is 22.4 Å². The molecule has 0 saturated carbocycles. The molecule has 0 fully saturated rings. The van der Waals surface area contributed by atoms with Gasteiger partial charge >= 0.3 is 0 Å². The van der Waals surface area contributed by atoms with Gasteiger partial charge in [0.25, 0.3) is 0 Å². The third-order valence-corrected chi connectivity index (χ3v) is 7.18. The summed E-state index contributed by atoms with van der Waals surface area (Å²) in [6.07, 6.45) is 1.39. The van der Waals surface area contributed by atoms with Gasteiger partial charge in [-0.1, -0.05) is 23.7 Å². The minimum atomic E-state index is -3.64. The fourth-order valence-corrected chi connectivity index (χ4v) is 4.94. The van der Waals surface area contributed by atoms with Crippen LogP contribution in [0.4, 0.5) is 5.69 Å². The maximum Gasteiger partial charge on any atom is 0.242 e. The summed E-state index contributed by atoms with van der Waals surface area (Å²) in [6, 6.07) is 11.2. The molecule has 2 rings (SSSR count). The molecule has 0 aliphatic rings. The fraction of sp³-hybridized carbons (Fsp3) is 0.462. The highest BCUT2D eigenvalue weighted by atomic mass is 35.5. The van der Waals surface area contributed by atoms with Gasteiger partial charge in [-0.2, -0.15) is 0 Å². The van der Waals surface area contributed by atoms with Crippen LogP contribution >= 0.6 is 11.6 Å². The highest BCUT2D eigenvalue weighted by Gasteiger charge is 2.27. The Kier molecular flexibility index (Phi) is 11.1. The van der Waals surface area contributed by atoms with Gasteiger partial charge in [0.05, 0.1) is 31.2 Å². The minimum absolute atomic E-state index is 0.0470. The Balaban J connectivity index is 2.19. The average Bonchev–Trinajstić information content (AvgIpc) is 2.83. The maximum atomic E-state index is 13.3. The number of hydrogen-bond donors (Lipinski definition) is 1. The number of nitrogens with one attached hydrogen (secondary N) is 1. The van der Waals surface area contributed by atoms with Crippen molar-refractivity contribution in [3.8, 4) is 11.5 Å². The van der Waals surface area contributed by atoms with Crippen LogP contribution in [-0.4, -0.2) is 64.2 Å². The van der Waals surface area contributed by atoms with E-state index in [0.29, 0.717) is 17.2 Å². The molecule has 0 spiro atoms. The van der Waals surface area contributed by atoms with Crippen LogP contribution in [0.3, 0.4) is 0 Å². The number of nitrogens with zero attached hydrogens (tertiary/aromatic N) is 2. The van der Waals surface area contributed by atoms with Crippen LogP contribution in [0.1, 0.15) is 39.2 Å². The molecule has 0 heterocycles. The second-order valence-electron chi connectivity index (χ2n) is 8.97. The van der Waals surface area contributed by atoms with E-state index >= 15 is 0 Å². The SMILES string of the molecule is COc1ccc(CN(C(=O)CCCN(c2ccc(OC)c(Cl)c2)S(C)(=O)=O)[C@H](C)C(=O)NC(C)C)cc1. The summed E-state index contributed by atoms with van der Waals surface area (Å²) in [7, 11) is -0.593. The Hall–Kier alpha value is -2.98. The van der Waals surface area contributed by atoms with Gasteiger partial charge in [-0.05, 0) is 63.1 Å². The first-order chi connectivity index (χ1) is 17.4.